The largest absolute Gasteiger partial charge is 0.493 e. The third-order valence-corrected chi connectivity index (χ3v) is 6.65. The summed E-state index contributed by atoms with van der Waals surface area (Å²) in [5, 5.41) is 21.7. The van der Waals surface area contributed by atoms with Crippen molar-refractivity contribution in [1.82, 2.24) is 9.88 Å². The van der Waals surface area contributed by atoms with Crippen LogP contribution in [0.1, 0.15) is 37.4 Å². The summed E-state index contributed by atoms with van der Waals surface area (Å²) in [4.78, 5) is 5.61. The molecule has 0 aliphatic carbocycles. The van der Waals surface area contributed by atoms with Crippen molar-refractivity contribution in [1.29, 1.82) is 5.26 Å². The molecule has 0 spiro atoms. The number of hydrogen-bond acceptors (Lipinski definition) is 7. The molecule has 1 aromatic heterocycles. The average Bonchev–Trinajstić information content (AvgIpc) is 2.84. The van der Waals surface area contributed by atoms with E-state index < -0.39 is 30.1 Å². The Morgan fingerprint density at radius 2 is 1.84 bits per heavy atom. The number of rotatable bonds is 8. The molecule has 208 valence electrons. The summed E-state index contributed by atoms with van der Waals surface area (Å²) < 4.78 is 85.8. The van der Waals surface area contributed by atoms with Gasteiger partial charge in [-0.3, -0.25) is 0 Å². The van der Waals surface area contributed by atoms with Gasteiger partial charge in [0.15, 0.2) is 11.3 Å². The van der Waals surface area contributed by atoms with Gasteiger partial charge in [0.1, 0.15) is 11.8 Å². The number of aliphatic hydroxyl groups is 1. The summed E-state index contributed by atoms with van der Waals surface area (Å²) >= 11 is 0. The number of ether oxygens (including phenoxy) is 1. The third-order valence-electron chi connectivity index (χ3n) is 6.65. The van der Waals surface area contributed by atoms with Crippen LogP contribution in [0.5, 0.6) is 5.75 Å². The van der Waals surface area contributed by atoms with Gasteiger partial charge in [0.2, 0.25) is 0 Å². The first kappa shape index (κ1) is 29.3. The van der Waals surface area contributed by atoms with Gasteiger partial charge >= 0.3 is 12.4 Å². The van der Waals surface area contributed by atoms with Crippen LogP contribution in [0.4, 0.5) is 37.7 Å². The highest BCUT2D eigenvalue weighted by atomic mass is 19.4. The minimum atomic E-state index is -4.74. The van der Waals surface area contributed by atoms with Crippen LogP contribution in [0, 0.1) is 17.2 Å². The standard InChI is InChI=1S/C25H29F6N5O2/c1-23(37,25(29,30)31)14-36-8-5-15(6-9-36)7-10-38-21-4-3-16(11-17(21)24(26,27)28)18-12-19(34-2)22(33)20(13-32)35-18/h3-4,11-12,15,37H,5-10,14,33H2,1-2H3,(H,34,35). The Morgan fingerprint density at radius 3 is 2.39 bits per heavy atom. The van der Waals surface area contributed by atoms with Gasteiger partial charge in [-0.1, -0.05) is 0 Å². The highest BCUT2D eigenvalue weighted by molar-refractivity contribution is 5.77. The predicted molar refractivity (Wildman–Crippen MR) is 129 cm³/mol. The normalized spacial score (nSPS) is 17.1. The van der Waals surface area contributed by atoms with Gasteiger partial charge in [-0.25, -0.2) is 4.98 Å². The molecule has 1 aliphatic heterocycles. The molecule has 7 nitrogen and oxygen atoms in total. The van der Waals surface area contributed by atoms with Gasteiger partial charge in [-0.15, -0.1) is 0 Å². The number of nitrogens with one attached hydrogen (secondary N) is 1. The highest BCUT2D eigenvalue weighted by Gasteiger charge is 2.50. The van der Waals surface area contributed by atoms with Crippen LogP contribution in [-0.2, 0) is 6.18 Å². The van der Waals surface area contributed by atoms with Crippen molar-refractivity contribution < 1.29 is 36.2 Å². The minimum Gasteiger partial charge on any atom is -0.493 e. The zero-order chi connectivity index (χ0) is 28.3. The molecule has 3 rings (SSSR count). The summed E-state index contributed by atoms with van der Waals surface area (Å²) in [5.74, 6) is -0.288. The summed E-state index contributed by atoms with van der Waals surface area (Å²) in [6.07, 6.45) is -7.94. The Morgan fingerprint density at radius 1 is 1.18 bits per heavy atom. The number of nitrogens with two attached hydrogens (primary N) is 1. The van der Waals surface area contributed by atoms with Crippen molar-refractivity contribution in [3.63, 3.8) is 0 Å². The molecule has 1 atom stereocenters. The van der Waals surface area contributed by atoms with E-state index >= 15 is 0 Å². The van der Waals surface area contributed by atoms with Crippen molar-refractivity contribution in [3.05, 3.63) is 35.5 Å². The molecular formula is C25H29F6N5O2. The molecule has 0 bridgehead atoms. The van der Waals surface area contributed by atoms with E-state index in [4.69, 9.17) is 10.5 Å². The van der Waals surface area contributed by atoms with Gasteiger partial charge < -0.3 is 25.8 Å². The van der Waals surface area contributed by atoms with Gasteiger partial charge in [0, 0.05) is 19.2 Å². The Hall–Kier alpha value is -3.24. The quantitative estimate of drug-likeness (QED) is 0.398. The third kappa shape index (κ3) is 6.79. The number of nitrogen functional groups attached to an aromatic ring is 1. The van der Waals surface area contributed by atoms with Crippen molar-refractivity contribution in [2.24, 2.45) is 5.92 Å². The molecule has 0 radical (unpaired) electrons. The monoisotopic (exact) mass is 545 g/mol. The van der Waals surface area contributed by atoms with E-state index in [0.29, 0.717) is 38.0 Å². The molecule has 1 fully saturated rings. The number of anilines is 2. The fourth-order valence-electron chi connectivity index (χ4n) is 4.33. The van der Waals surface area contributed by atoms with E-state index in [1.165, 1.54) is 23.1 Å². The molecule has 1 aliphatic rings. The Labute approximate surface area is 216 Å². The number of aromatic nitrogens is 1. The molecule has 4 N–H and O–H groups in total. The summed E-state index contributed by atoms with van der Waals surface area (Å²) in [7, 11) is 1.56. The molecule has 0 amide bonds. The maximum absolute atomic E-state index is 13.9. The first-order chi connectivity index (χ1) is 17.7. The molecule has 38 heavy (non-hydrogen) atoms. The Balaban J connectivity index is 1.66. The lowest BCUT2D eigenvalue weighted by atomic mass is 9.93. The van der Waals surface area contributed by atoms with Gasteiger partial charge in [-0.05, 0) is 69.5 Å². The van der Waals surface area contributed by atoms with Crippen LogP contribution in [-0.4, -0.2) is 60.1 Å². The average molecular weight is 546 g/mol. The van der Waals surface area contributed by atoms with Crippen LogP contribution in [0.15, 0.2) is 24.3 Å². The summed E-state index contributed by atoms with van der Waals surface area (Å²) in [6.45, 7) is 0.883. The number of piperidine rings is 1. The fourth-order valence-corrected chi connectivity index (χ4v) is 4.33. The number of likely N-dealkylation sites (tertiary alicyclic amines) is 1. The molecule has 1 aromatic carbocycles. The molecule has 1 unspecified atom stereocenters. The van der Waals surface area contributed by atoms with E-state index in [-0.39, 0.29) is 40.9 Å². The molecule has 13 heteroatoms. The van der Waals surface area contributed by atoms with Crippen LogP contribution in [0.25, 0.3) is 11.3 Å². The number of nitrogens with zero attached hydrogens (tertiary/aromatic N) is 3. The van der Waals surface area contributed by atoms with Crippen molar-refractivity contribution in [2.45, 2.75) is 44.1 Å². The van der Waals surface area contributed by atoms with Crippen molar-refractivity contribution in [3.8, 4) is 23.1 Å². The van der Waals surface area contributed by atoms with Gasteiger partial charge in [-0.2, -0.15) is 31.6 Å². The Kier molecular flexibility index (Phi) is 8.68. The second kappa shape index (κ2) is 11.2. The van der Waals surface area contributed by atoms with Crippen LogP contribution < -0.4 is 15.8 Å². The molecular weight excluding hydrogens is 516 g/mol. The number of halogens is 6. The molecule has 2 aromatic rings. The van der Waals surface area contributed by atoms with Gasteiger partial charge in [0.25, 0.3) is 0 Å². The first-order valence-electron chi connectivity index (χ1n) is 11.9. The topological polar surface area (TPSA) is 107 Å². The number of nitriles is 1. The van der Waals surface area contributed by atoms with Crippen LogP contribution in [0.2, 0.25) is 0 Å². The van der Waals surface area contributed by atoms with E-state index in [0.717, 1.165) is 13.0 Å². The smallest absolute Gasteiger partial charge is 0.419 e. The maximum Gasteiger partial charge on any atom is 0.419 e. The second-order valence-corrected chi connectivity index (χ2v) is 9.52. The lowest BCUT2D eigenvalue weighted by Crippen LogP contribution is -2.52. The number of pyridine rings is 1. The van der Waals surface area contributed by atoms with E-state index in [9.17, 15) is 36.7 Å². The van der Waals surface area contributed by atoms with E-state index in [1.807, 2.05) is 6.07 Å². The lowest BCUT2D eigenvalue weighted by molar-refractivity contribution is -0.258. The second-order valence-electron chi connectivity index (χ2n) is 9.52. The molecule has 0 saturated carbocycles. The minimum absolute atomic E-state index is 0.00400. The van der Waals surface area contributed by atoms with Crippen LogP contribution >= 0.6 is 0 Å². The SMILES string of the molecule is CNc1cc(-c2ccc(OCCC3CCN(CC(C)(O)C(F)(F)F)CC3)c(C(F)(F)F)c2)nc(C#N)c1N. The van der Waals surface area contributed by atoms with Crippen molar-refractivity contribution in [2.75, 3.05) is 44.3 Å². The fraction of sp³-hybridized carbons (Fsp3) is 0.520. The number of alkyl halides is 6. The molecule has 2 heterocycles. The zero-order valence-corrected chi connectivity index (χ0v) is 20.9. The van der Waals surface area contributed by atoms with Gasteiger partial charge in [0.05, 0.1) is 29.2 Å². The maximum atomic E-state index is 13.9. The predicted octanol–water partition coefficient (Wildman–Crippen LogP) is 5.06. The number of benzene rings is 1. The zero-order valence-electron chi connectivity index (χ0n) is 20.9. The van der Waals surface area contributed by atoms with E-state index in [2.05, 4.69) is 10.3 Å². The van der Waals surface area contributed by atoms with E-state index in [1.54, 1.807) is 7.05 Å². The lowest BCUT2D eigenvalue weighted by Gasteiger charge is -2.37. The molecule has 1 saturated heterocycles. The summed E-state index contributed by atoms with van der Waals surface area (Å²) in [6, 6.07) is 6.79. The number of β-amino-alcohol motifs (C(OH)–C–C–N with tert-alkyl or cyclic N) is 1. The number of hydrogen-bond donors (Lipinski definition) is 3. The Bertz CT molecular complexity index is 1170. The summed E-state index contributed by atoms with van der Waals surface area (Å²) in [5.41, 5.74) is 2.61. The highest BCUT2D eigenvalue weighted by Crippen LogP contribution is 2.40. The first-order valence-corrected chi connectivity index (χ1v) is 11.9. The van der Waals surface area contributed by atoms with Crippen LogP contribution in [0.3, 0.4) is 0 Å². The van der Waals surface area contributed by atoms with Crippen molar-refractivity contribution >= 4 is 11.4 Å².